The van der Waals surface area contributed by atoms with Gasteiger partial charge < -0.3 is 9.30 Å². The zero-order chi connectivity index (χ0) is 10.1. The van der Waals surface area contributed by atoms with Gasteiger partial charge in [-0.2, -0.15) is 0 Å². The Labute approximate surface area is 81.1 Å². The van der Waals surface area contributed by atoms with Gasteiger partial charge in [0.2, 0.25) is 5.88 Å². The highest BCUT2D eigenvalue weighted by atomic mass is 16.5. The van der Waals surface area contributed by atoms with Gasteiger partial charge in [0.15, 0.2) is 6.29 Å². The number of fused-ring (bicyclic) bond motifs is 1. The normalized spacial score (nSPS) is 10.4. The molecular weight excluding hydrogens is 180 g/mol. The van der Waals surface area contributed by atoms with Crippen LogP contribution < -0.4 is 4.74 Å². The Kier molecular flexibility index (Phi) is 1.96. The van der Waals surface area contributed by atoms with E-state index < -0.39 is 0 Å². The smallest absolute Gasteiger partial charge is 0.213 e. The SMILES string of the molecule is COc1ccc2c(n1)c(C=O)cn2C. The summed E-state index contributed by atoms with van der Waals surface area (Å²) in [7, 11) is 3.43. The van der Waals surface area contributed by atoms with Crippen LogP contribution in [0.15, 0.2) is 18.3 Å². The zero-order valence-electron chi connectivity index (χ0n) is 8.02. The predicted molar refractivity (Wildman–Crippen MR) is 52.7 cm³/mol. The summed E-state index contributed by atoms with van der Waals surface area (Å²) in [5.74, 6) is 0.520. The Morgan fingerprint density at radius 2 is 2.29 bits per heavy atom. The van der Waals surface area contributed by atoms with E-state index in [0.29, 0.717) is 17.0 Å². The van der Waals surface area contributed by atoms with Crippen LogP contribution in [0.3, 0.4) is 0 Å². The molecule has 4 nitrogen and oxygen atoms in total. The summed E-state index contributed by atoms with van der Waals surface area (Å²) in [4.78, 5) is 15.0. The Balaban J connectivity index is 2.77. The Bertz CT molecular complexity index is 488. The number of rotatable bonds is 2. The summed E-state index contributed by atoms with van der Waals surface area (Å²) in [5.41, 5.74) is 2.19. The molecule has 0 aromatic carbocycles. The molecule has 14 heavy (non-hydrogen) atoms. The molecule has 4 heteroatoms. The molecule has 0 saturated heterocycles. The Morgan fingerprint density at radius 3 is 2.93 bits per heavy atom. The molecule has 72 valence electrons. The van der Waals surface area contributed by atoms with Crippen LogP contribution in [0, 0.1) is 0 Å². The van der Waals surface area contributed by atoms with E-state index in [4.69, 9.17) is 4.74 Å². The number of hydrogen-bond acceptors (Lipinski definition) is 3. The van der Waals surface area contributed by atoms with E-state index in [-0.39, 0.29) is 0 Å². The second-order valence-corrected chi connectivity index (χ2v) is 3.03. The lowest BCUT2D eigenvalue weighted by molar-refractivity contribution is 0.112. The average molecular weight is 190 g/mol. The summed E-state index contributed by atoms with van der Waals surface area (Å²) < 4.78 is 6.86. The van der Waals surface area contributed by atoms with Gasteiger partial charge in [-0.05, 0) is 6.07 Å². The van der Waals surface area contributed by atoms with Crippen molar-refractivity contribution in [2.45, 2.75) is 0 Å². The minimum absolute atomic E-state index is 0.520. The number of nitrogens with zero attached hydrogens (tertiary/aromatic N) is 2. The lowest BCUT2D eigenvalue weighted by Gasteiger charge is -1.99. The third kappa shape index (κ3) is 1.16. The van der Waals surface area contributed by atoms with Crippen molar-refractivity contribution in [1.82, 2.24) is 9.55 Å². The molecule has 2 aromatic heterocycles. The summed E-state index contributed by atoms with van der Waals surface area (Å²) in [6, 6.07) is 3.66. The first-order valence-corrected chi connectivity index (χ1v) is 4.21. The number of ether oxygens (including phenoxy) is 1. The van der Waals surface area contributed by atoms with Crippen LogP contribution in [0.1, 0.15) is 10.4 Å². The number of carbonyl (C=O) groups is 1. The minimum Gasteiger partial charge on any atom is -0.481 e. The lowest BCUT2D eigenvalue weighted by Crippen LogP contribution is -1.89. The van der Waals surface area contributed by atoms with Crippen LogP contribution in [0.25, 0.3) is 11.0 Å². The highest BCUT2D eigenvalue weighted by Crippen LogP contribution is 2.20. The molecule has 0 saturated carbocycles. The monoisotopic (exact) mass is 190 g/mol. The number of aryl methyl sites for hydroxylation is 1. The third-order valence-electron chi connectivity index (χ3n) is 2.17. The van der Waals surface area contributed by atoms with Gasteiger partial charge in [0, 0.05) is 19.3 Å². The molecule has 0 N–H and O–H groups in total. The van der Waals surface area contributed by atoms with E-state index in [1.54, 1.807) is 19.4 Å². The number of pyridine rings is 1. The fourth-order valence-corrected chi connectivity index (χ4v) is 1.47. The molecule has 0 aliphatic heterocycles. The van der Waals surface area contributed by atoms with Gasteiger partial charge >= 0.3 is 0 Å². The van der Waals surface area contributed by atoms with Crippen LogP contribution in [0.4, 0.5) is 0 Å². The van der Waals surface area contributed by atoms with Crippen LogP contribution in [-0.4, -0.2) is 22.9 Å². The summed E-state index contributed by atoms with van der Waals surface area (Å²) in [6.07, 6.45) is 2.55. The van der Waals surface area contributed by atoms with Crippen molar-refractivity contribution < 1.29 is 9.53 Å². The molecule has 0 spiro atoms. The predicted octanol–water partition coefficient (Wildman–Crippen LogP) is 1.39. The van der Waals surface area contributed by atoms with E-state index in [1.807, 2.05) is 17.7 Å². The van der Waals surface area contributed by atoms with Crippen molar-refractivity contribution >= 4 is 17.3 Å². The number of methoxy groups -OCH3 is 1. The molecule has 0 unspecified atom stereocenters. The number of carbonyl (C=O) groups excluding carboxylic acids is 1. The Hall–Kier alpha value is -1.84. The van der Waals surface area contributed by atoms with Crippen LogP contribution in [0.5, 0.6) is 5.88 Å². The van der Waals surface area contributed by atoms with Crippen LogP contribution in [-0.2, 0) is 7.05 Å². The van der Waals surface area contributed by atoms with Gasteiger partial charge in [0.1, 0.15) is 5.52 Å². The molecule has 0 atom stereocenters. The second-order valence-electron chi connectivity index (χ2n) is 3.03. The molecule has 2 aromatic rings. The van der Waals surface area contributed by atoms with Crippen LogP contribution in [0.2, 0.25) is 0 Å². The van der Waals surface area contributed by atoms with Gasteiger partial charge in [-0.15, -0.1) is 0 Å². The number of aromatic nitrogens is 2. The summed E-state index contributed by atoms with van der Waals surface area (Å²) in [6.45, 7) is 0. The number of hydrogen-bond donors (Lipinski definition) is 0. The highest BCUT2D eigenvalue weighted by molar-refractivity contribution is 5.95. The minimum atomic E-state index is 0.520. The van der Waals surface area contributed by atoms with E-state index in [1.165, 1.54) is 0 Å². The molecule has 2 heterocycles. The number of aldehydes is 1. The van der Waals surface area contributed by atoms with Gasteiger partial charge in [0.25, 0.3) is 0 Å². The van der Waals surface area contributed by atoms with Gasteiger partial charge in [0.05, 0.1) is 18.2 Å². The molecule has 0 aliphatic carbocycles. The molecule has 0 radical (unpaired) electrons. The standard InChI is InChI=1S/C10H10N2O2/c1-12-5-7(6-13)10-8(12)3-4-9(11-10)14-2/h3-6H,1-2H3. The van der Waals surface area contributed by atoms with Crippen molar-refractivity contribution in [3.63, 3.8) is 0 Å². The van der Waals surface area contributed by atoms with Crippen molar-refractivity contribution in [1.29, 1.82) is 0 Å². The highest BCUT2D eigenvalue weighted by Gasteiger charge is 2.07. The van der Waals surface area contributed by atoms with E-state index in [2.05, 4.69) is 4.98 Å². The maximum absolute atomic E-state index is 10.7. The average Bonchev–Trinajstić information content (AvgIpc) is 2.55. The molecule has 0 amide bonds. The van der Waals surface area contributed by atoms with E-state index in [9.17, 15) is 4.79 Å². The quantitative estimate of drug-likeness (QED) is 0.672. The second kappa shape index (κ2) is 3.14. The van der Waals surface area contributed by atoms with Gasteiger partial charge in [-0.1, -0.05) is 0 Å². The largest absolute Gasteiger partial charge is 0.481 e. The summed E-state index contributed by atoms with van der Waals surface area (Å²) >= 11 is 0. The maximum atomic E-state index is 10.7. The van der Waals surface area contributed by atoms with Crippen molar-refractivity contribution in [3.05, 3.63) is 23.9 Å². The third-order valence-corrected chi connectivity index (χ3v) is 2.17. The van der Waals surface area contributed by atoms with E-state index >= 15 is 0 Å². The van der Waals surface area contributed by atoms with Crippen molar-refractivity contribution in [2.24, 2.45) is 7.05 Å². The maximum Gasteiger partial charge on any atom is 0.213 e. The molecule has 2 rings (SSSR count). The molecule has 0 aliphatic rings. The zero-order valence-corrected chi connectivity index (χ0v) is 8.02. The first-order valence-electron chi connectivity index (χ1n) is 4.21. The fraction of sp³-hybridized carbons (Fsp3) is 0.200. The first kappa shape index (κ1) is 8.74. The fourth-order valence-electron chi connectivity index (χ4n) is 1.47. The van der Waals surface area contributed by atoms with Gasteiger partial charge in [-0.25, -0.2) is 4.98 Å². The summed E-state index contributed by atoms with van der Waals surface area (Å²) in [5, 5.41) is 0. The molecular formula is C10H10N2O2. The lowest BCUT2D eigenvalue weighted by atomic mass is 10.3. The first-order chi connectivity index (χ1) is 6.76. The van der Waals surface area contributed by atoms with Crippen molar-refractivity contribution in [3.8, 4) is 5.88 Å². The van der Waals surface area contributed by atoms with Gasteiger partial charge in [-0.3, -0.25) is 4.79 Å². The van der Waals surface area contributed by atoms with Crippen molar-refractivity contribution in [2.75, 3.05) is 7.11 Å². The van der Waals surface area contributed by atoms with Crippen LogP contribution >= 0.6 is 0 Å². The molecule has 0 fully saturated rings. The Morgan fingerprint density at radius 1 is 1.50 bits per heavy atom. The van der Waals surface area contributed by atoms with E-state index in [0.717, 1.165) is 11.8 Å². The molecule has 0 bridgehead atoms. The topological polar surface area (TPSA) is 44.1 Å².